The van der Waals surface area contributed by atoms with E-state index >= 15 is 0 Å². The summed E-state index contributed by atoms with van der Waals surface area (Å²) in [5, 5.41) is 20.1. The Bertz CT molecular complexity index is 1410. The first-order chi connectivity index (χ1) is 15.3. The molecule has 1 N–H and O–H groups in total. The molecule has 0 aliphatic rings. The lowest BCUT2D eigenvalue weighted by molar-refractivity contribution is 0.0578. The van der Waals surface area contributed by atoms with Gasteiger partial charge in [-0.2, -0.15) is 10.2 Å². The highest BCUT2D eigenvalue weighted by atomic mass is 19.1. The lowest BCUT2D eigenvalue weighted by Gasteiger charge is -2.16. The van der Waals surface area contributed by atoms with Crippen LogP contribution < -0.4 is 0 Å². The topological polar surface area (TPSA) is 94.8 Å². The lowest BCUT2D eigenvalue weighted by atomic mass is 10.0. The van der Waals surface area contributed by atoms with Crippen LogP contribution in [0.4, 0.5) is 4.39 Å². The number of hydrogen-bond acceptors (Lipinski definition) is 6. The van der Waals surface area contributed by atoms with Gasteiger partial charge in [-0.05, 0) is 50.2 Å². The Morgan fingerprint density at radius 2 is 1.84 bits per heavy atom. The molecule has 0 saturated heterocycles. The molecule has 0 fully saturated rings. The van der Waals surface area contributed by atoms with Gasteiger partial charge in [0.2, 0.25) is 5.71 Å². The van der Waals surface area contributed by atoms with E-state index in [-0.39, 0.29) is 12.4 Å². The molecule has 0 spiro atoms. The summed E-state index contributed by atoms with van der Waals surface area (Å²) in [6, 6.07) is 9.83. The number of hydrogen-bond donors (Lipinski definition) is 1. The van der Waals surface area contributed by atoms with Crippen molar-refractivity contribution >= 4 is 11.1 Å². The van der Waals surface area contributed by atoms with Gasteiger partial charge in [0, 0.05) is 30.6 Å². The normalized spacial score (nSPS) is 12.0. The summed E-state index contributed by atoms with van der Waals surface area (Å²) in [6.07, 6.45) is 5.10. The Balaban J connectivity index is 1.69. The van der Waals surface area contributed by atoms with E-state index in [0.717, 1.165) is 11.1 Å². The highest BCUT2D eigenvalue weighted by Gasteiger charge is 2.22. The zero-order valence-electron chi connectivity index (χ0n) is 17.8. The number of aliphatic hydroxyl groups is 1. The van der Waals surface area contributed by atoms with Crippen LogP contribution >= 0.6 is 0 Å². The van der Waals surface area contributed by atoms with Crippen molar-refractivity contribution in [2.24, 2.45) is 7.05 Å². The van der Waals surface area contributed by atoms with Crippen molar-refractivity contribution < 1.29 is 13.9 Å². The number of benzene rings is 1. The number of rotatable bonds is 5. The van der Waals surface area contributed by atoms with Crippen molar-refractivity contribution in [3.05, 3.63) is 60.9 Å². The van der Waals surface area contributed by atoms with Gasteiger partial charge in [0.05, 0.1) is 23.2 Å². The molecule has 0 atom stereocenters. The molecule has 8 nitrogen and oxygen atoms in total. The fourth-order valence-electron chi connectivity index (χ4n) is 3.64. The molecule has 0 saturated carbocycles. The molecule has 1 aromatic carbocycles. The van der Waals surface area contributed by atoms with E-state index in [1.807, 2.05) is 31.6 Å². The van der Waals surface area contributed by atoms with Gasteiger partial charge in [-0.3, -0.25) is 9.36 Å². The first-order valence-electron chi connectivity index (χ1n) is 10.1. The molecular formula is C23H21FN6O2. The second-order valence-electron chi connectivity index (χ2n) is 8.33. The zero-order valence-corrected chi connectivity index (χ0v) is 17.8. The van der Waals surface area contributed by atoms with Crippen LogP contribution in [0.1, 0.15) is 13.8 Å². The second-order valence-corrected chi connectivity index (χ2v) is 8.33. The molecule has 9 heteroatoms. The molecule has 0 aliphatic heterocycles. The van der Waals surface area contributed by atoms with Gasteiger partial charge in [0.15, 0.2) is 5.76 Å². The average molecular weight is 432 g/mol. The van der Waals surface area contributed by atoms with E-state index in [2.05, 4.69) is 20.2 Å². The summed E-state index contributed by atoms with van der Waals surface area (Å²) in [5.41, 5.74) is 2.85. The summed E-state index contributed by atoms with van der Waals surface area (Å²) in [7, 11) is 1.84. The molecule has 0 bridgehead atoms. The van der Waals surface area contributed by atoms with E-state index in [0.29, 0.717) is 33.9 Å². The molecule has 4 aromatic heterocycles. The number of furan rings is 1. The van der Waals surface area contributed by atoms with Gasteiger partial charge in [-0.15, -0.1) is 0 Å². The number of fused-ring (bicyclic) bond motifs is 1. The summed E-state index contributed by atoms with van der Waals surface area (Å²) in [4.78, 5) is 8.79. The summed E-state index contributed by atoms with van der Waals surface area (Å²) < 4.78 is 22.8. The molecule has 4 heterocycles. The van der Waals surface area contributed by atoms with Gasteiger partial charge in [0.25, 0.3) is 0 Å². The zero-order chi connectivity index (χ0) is 22.5. The van der Waals surface area contributed by atoms with Crippen molar-refractivity contribution in [2.45, 2.75) is 26.0 Å². The molecule has 0 radical (unpaired) electrons. The van der Waals surface area contributed by atoms with Crippen molar-refractivity contribution in [2.75, 3.05) is 0 Å². The number of halogens is 1. The molecular weight excluding hydrogens is 411 g/mol. The largest absolute Gasteiger partial charge is 0.436 e. The predicted molar refractivity (Wildman–Crippen MR) is 117 cm³/mol. The van der Waals surface area contributed by atoms with Crippen molar-refractivity contribution in [3.63, 3.8) is 0 Å². The van der Waals surface area contributed by atoms with Crippen LogP contribution in [0.15, 0.2) is 59.5 Å². The van der Waals surface area contributed by atoms with Gasteiger partial charge < -0.3 is 9.52 Å². The van der Waals surface area contributed by atoms with E-state index in [1.54, 1.807) is 35.3 Å². The van der Waals surface area contributed by atoms with Crippen LogP contribution in [-0.2, 0) is 13.6 Å². The van der Waals surface area contributed by atoms with Crippen LogP contribution in [0, 0.1) is 5.82 Å². The molecule has 0 aliphatic carbocycles. The SMILES string of the molecule is Cn1ccc(-c2cc3c(-c4cn(CC(C)(C)O)nc4-c4ccc(F)cc4)ncnc3o2)n1. The van der Waals surface area contributed by atoms with Gasteiger partial charge in [-0.1, -0.05) is 0 Å². The van der Waals surface area contributed by atoms with Crippen molar-refractivity contribution in [1.82, 2.24) is 29.5 Å². The van der Waals surface area contributed by atoms with Gasteiger partial charge in [-0.25, -0.2) is 14.4 Å². The van der Waals surface area contributed by atoms with Crippen LogP contribution in [0.2, 0.25) is 0 Å². The lowest BCUT2D eigenvalue weighted by Crippen LogP contribution is -2.26. The highest BCUT2D eigenvalue weighted by Crippen LogP contribution is 2.36. The maximum absolute atomic E-state index is 13.5. The third kappa shape index (κ3) is 3.78. The third-order valence-electron chi connectivity index (χ3n) is 4.98. The van der Waals surface area contributed by atoms with Crippen molar-refractivity contribution in [3.8, 4) is 34.0 Å². The predicted octanol–water partition coefficient (Wildman–Crippen LogP) is 4.06. The van der Waals surface area contributed by atoms with Gasteiger partial charge >= 0.3 is 0 Å². The van der Waals surface area contributed by atoms with Crippen LogP contribution in [-0.4, -0.2) is 40.2 Å². The standard InChI is InChI=1S/C23H21FN6O2/c1-23(2,31)12-30-11-17(20(28-30)14-4-6-15(24)7-5-14)21-16-10-19(18-8-9-29(3)27-18)32-22(16)26-13-25-21/h4-11,13,31H,12H2,1-3H3. The quantitative estimate of drug-likeness (QED) is 0.450. The van der Waals surface area contributed by atoms with E-state index in [1.165, 1.54) is 18.5 Å². The summed E-state index contributed by atoms with van der Waals surface area (Å²) >= 11 is 0. The fourth-order valence-corrected chi connectivity index (χ4v) is 3.64. The molecule has 5 aromatic rings. The molecule has 0 unspecified atom stereocenters. The smallest absolute Gasteiger partial charge is 0.230 e. The highest BCUT2D eigenvalue weighted by molar-refractivity contribution is 5.95. The molecule has 0 amide bonds. The Hall–Kier alpha value is -3.85. The average Bonchev–Trinajstić information content (AvgIpc) is 3.44. The van der Waals surface area contributed by atoms with E-state index < -0.39 is 5.60 Å². The van der Waals surface area contributed by atoms with E-state index in [4.69, 9.17) is 4.42 Å². The minimum Gasteiger partial charge on any atom is -0.436 e. The first-order valence-corrected chi connectivity index (χ1v) is 10.1. The Kier molecular flexibility index (Phi) is 4.63. The first kappa shape index (κ1) is 20.1. The second kappa shape index (κ2) is 7.38. The number of aryl methyl sites for hydroxylation is 1. The number of nitrogens with zero attached hydrogens (tertiary/aromatic N) is 6. The van der Waals surface area contributed by atoms with Gasteiger partial charge in [0.1, 0.15) is 23.5 Å². The molecule has 162 valence electrons. The van der Waals surface area contributed by atoms with Crippen molar-refractivity contribution in [1.29, 1.82) is 0 Å². The minimum atomic E-state index is -0.966. The Morgan fingerprint density at radius 1 is 1.06 bits per heavy atom. The Labute approximate surface area is 183 Å². The number of aromatic nitrogens is 6. The molecule has 32 heavy (non-hydrogen) atoms. The maximum atomic E-state index is 13.5. The minimum absolute atomic E-state index is 0.278. The third-order valence-corrected chi connectivity index (χ3v) is 4.98. The summed E-state index contributed by atoms with van der Waals surface area (Å²) in [6.45, 7) is 3.70. The summed E-state index contributed by atoms with van der Waals surface area (Å²) in [5.74, 6) is 0.250. The Morgan fingerprint density at radius 3 is 2.53 bits per heavy atom. The van der Waals surface area contributed by atoms with Crippen LogP contribution in [0.25, 0.3) is 45.1 Å². The van der Waals surface area contributed by atoms with E-state index in [9.17, 15) is 9.50 Å². The van der Waals surface area contributed by atoms with Crippen LogP contribution in [0.5, 0.6) is 0 Å². The fraction of sp³-hybridized carbons (Fsp3) is 0.217. The maximum Gasteiger partial charge on any atom is 0.230 e. The molecule has 5 rings (SSSR count). The monoisotopic (exact) mass is 432 g/mol. The van der Waals surface area contributed by atoms with Crippen LogP contribution in [0.3, 0.4) is 0 Å².